The van der Waals surface area contributed by atoms with Crippen molar-refractivity contribution in [3.05, 3.63) is 65.2 Å². The fraction of sp³-hybridized carbons (Fsp3) is 0.188. The summed E-state index contributed by atoms with van der Waals surface area (Å²) in [6.07, 6.45) is 0.793. The molecule has 2 rings (SSSR count). The molecular weight excluding hydrogens is 310 g/mol. The van der Waals surface area contributed by atoms with Crippen molar-refractivity contribution in [1.82, 2.24) is 0 Å². The molecule has 0 radical (unpaired) electrons. The Morgan fingerprint density at radius 2 is 1.68 bits per heavy atom. The first-order valence-corrected chi connectivity index (χ1v) is 8.28. The van der Waals surface area contributed by atoms with Gasteiger partial charge in [0.1, 0.15) is 22.3 Å². The maximum absolute atomic E-state index is 13.6. The topological polar surface area (TPSA) is 51.2 Å². The number of ketones is 1. The minimum absolute atomic E-state index is 0.220. The van der Waals surface area contributed by atoms with E-state index in [1.807, 2.05) is 6.92 Å². The zero-order chi connectivity index (χ0) is 16.3. The number of halogens is 2. The molecule has 2 aromatic rings. The van der Waals surface area contributed by atoms with Gasteiger partial charge in [0.15, 0.2) is 15.6 Å². The van der Waals surface area contributed by atoms with Crippen LogP contribution in [0, 0.1) is 11.6 Å². The summed E-state index contributed by atoms with van der Waals surface area (Å²) in [5.74, 6) is -3.51. The zero-order valence-corrected chi connectivity index (χ0v) is 12.7. The Balaban J connectivity index is 2.27. The summed E-state index contributed by atoms with van der Waals surface area (Å²) >= 11 is 0. The van der Waals surface area contributed by atoms with Crippen molar-refractivity contribution in [2.24, 2.45) is 0 Å². The molecule has 0 amide bonds. The average molecular weight is 324 g/mol. The van der Waals surface area contributed by atoms with E-state index in [2.05, 4.69) is 0 Å². The first-order chi connectivity index (χ1) is 10.3. The molecule has 0 saturated heterocycles. The molecule has 3 nitrogen and oxygen atoms in total. The van der Waals surface area contributed by atoms with Crippen LogP contribution >= 0.6 is 0 Å². The molecule has 0 bridgehead atoms. The predicted octanol–water partition coefficient (Wildman–Crippen LogP) is 3.18. The van der Waals surface area contributed by atoms with E-state index in [1.165, 1.54) is 12.1 Å². The molecule has 0 aliphatic carbocycles. The molecule has 2 aromatic carbocycles. The molecule has 0 fully saturated rings. The number of benzene rings is 2. The lowest BCUT2D eigenvalue weighted by Gasteiger charge is -2.06. The lowest BCUT2D eigenvalue weighted by atomic mass is 10.1. The van der Waals surface area contributed by atoms with Crippen molar-refractivity contribution in [2.45, 2.75) is 18.2 Å². The van der Waals surface area contributed by atoms with Crippen LogP contribution in [-0.2, 0) is 16.3 Å². The molecule has 6 heteroatoms. The first kappa shape index (κ1) is 16.3. The molecule has 116 valence electrons. The molecule has 0 heterocycles. The van der Waals surface area contributed by atoms with E-state index in [1.54, 1.807) is 12.1 Å². The molecule has 22 heavy (non-hydrogen) atoms. The highest BCUT2D eigenvalue weighted by atomic mass is 32.2. The van der Waals surface area contributed by atoms with E-state index < -0.39 is 37.9 Å². The second-order valence-electron chi connectivity index (χ2n) is 4.81. The van der Waals surface area contributed by atoms with Gasteiger partial charge in [0.05, 0.1) is 0 Å². The third-order valence-electron chi connectivity index (χ3n) is 3.23. The summed E-state index contributed by atoms with van der Waals surface area (Å²) in [5.41, 5.74) is 1.23. The summed E-state index contributed by atoms with van der Waals surface area (Å²) in [5, 5.41) is 0. The lowest BCUT2D eigenvalue weighted by Crippen LogP contribution is -2.17. The highest BCUT2D eigenvalue weighted by Crippen LogP contribution is 2.18. The molecule has 0 aromatic heterocycles. The van der Waals surface area contributed by atoms with Gasteiger partial charge >= 0.3 is 0 Å². The summed E-state index contributed by atoms with van der Waals surface area (Å²) in [7, 11) is -4.24. The van der Waals surface area contributed by atoms with E-state index in [9.17, 15) is 22.0 Å². The molecule has 0 N–H and O–H groups in total. The van der Waals surface area contributed by atoms with E-state index in [0.29, 0.717) is 6.07 Å². The maximum atomic E-state index is 13.6. The van der Waals surface area contributed by atoms with Gasteiger partial charge in [0, 0.05) is 5.56 Å². The van der Waals surface area contributed by atoms with Crippen LogP contribution < -0.4 is 0 Å². The Bertz CT molecular complexity index is 797. The standard InChI is InChI=1S/C16H14F2O3S/c1-2-11-3-5-12(6-4-11)15(19)10-22(20,21)16-9-13(17)7-8-14(16)18/h3-9H,2,10H2,1H3. The summed E-state index contributed by atoms with van der Waals surface area (Å²) in [4.78, 5) is 11.2. The second-order valence-corrected chi connectivity index (χ2v) is 6.77. The van der Waals surface area contributed by atoms with E-state index >= 15 is 0 Å². The van der Waals surface area contributed by atoms with Crippen LogP contribution in [0.15, 0.2) is 47.4 Å². The summed E-state index contributed by atoms with van der Waals surface area (Å²) in [6.45, 7) is 1.95. The van der Waals surface area contributed by atoms with Gasteiger partial charge in [0.25, 0.3) is 0 Å². The summed E-state index contributed by atoms with van der Waals surface area (Å²) in [6, 6.07) is 8.63. The van der Waals surface area contributed by atoms with Crippen LogP contribution in [0.3, 0.4) is 0 Å². The van der Waals surface area contributed by atoms with Crippen molar-refractivity contribution < 1.29 is 22.0 Å². The van der Waals surface area contributed by atoms with Gasteiger partial charge in [-0.2, -0.15) is 0 Å². The van der Waals surface area contributed by atoms with Crippen molar-refractivity contribution in [1.29, 1.82) is 0 Å². The third kappa shape index (κ3) is 3.57. The summed E-state index contributed by atoms with van der Waals surface area (Å²) < 4.78 is 50.8. The molecular formula is C16H14F2O3S. The number of rotatable bonds is 5. The van der Waals surface area contributed by atoms with Gasteiger partial charge in [-0.3, -0.25) is 4.79 Å². The average Bonchev–Trinajstić information content (AvgIpc) is 2.49. The minimum atomic E-state index is -4.24. The number of sulfone groups is 1. The Morgan fingerprint density at radius 3 is 2.27 bits per heavy atom. The van der Waals surface area contributed by atoms with E-state index in [4.69, 9.17) is 0 Å². The van der Waals surface area contributed by atoms with E-state index in [0.717, 1.165) is 24.1 Å². The molecule has 0 unspecified atom stereocenters. The van der Waals surface area contributed by atoms with Gasteiger partial charge in [-0.05, 0) is 30.2 Å². The maximum Gasteiger partial charge on any atom is 0.188 e. The Labute approximate surface area is 127 Å². The van der Waals surface area contributed by atoms with Crippen LogP contribution in [-0.4, -0.2) is 20.0 Å². The van der Waals surface area contributed by atoms with Crippen LogP contribution in [0.5, 0.6) is 0 Å². The van der Waals surface area contributed by atoms with Crippen LogP contribution in [0.25, 0.3) is 0 Å². The van der Waals surface area contributed by atoms with Gasteiger partial charge in [-0.15, -0.1) is 0 Å². The predicted molar refractivity (Wildman–Crippen MR) is 78.6 cm³/mol. The number of Topliss-reactive ketones (excluding diaryl/α,β-unsaturated/α-hetero) is 1. The van der Waals surface area contributed by atoms with Gasteiger partial charge < -0.3 is 0 Å². The van der Waals surface area contributed by atoms with Gasteiger partial charge in [0.2, 0.25) is 0 Å². The highest BCUT2D eigenvalue weighted by Gasteiger charge is 2.24. The number of hydrogen-bond donors (Lipinski definition) is 0. The fourth-order valence-corrected chi connectivity index (χ4v) is 3.30. The molecule has 0 saturated carbocycles. The van der Waals surface area contributed by atoms with Crippen LogP contribution in [0.4, 0.5) is 8.78 Å². The normalized spacial score (nSPS) is 11.4. The fourth-order valence-electron chi connectivity index (χ4n) is 1.98. The Hall–Kier alpha value is -2.08. The molecule has 0 aliphatic heterocycles. The molecule has 0 aliphatic rings. The monoisotopic (exact) mass is 324 g/mol. The van der Waals surface area contributed by atoms with Crippen LogP contribution in [0.1, 0.15) is 22.8 Å². The molecule has 0 atom stereocenters. The highest BCUT2D eigenvalue weighted by molar-refractivity contribution is 7.92. The number of aryl methyl sites for hydroxylation is 1. The SMILES string of the molecule is CCc1ccc(C(=O)CS(=O)(=O)c2cc(F)ccc2F)cc1. The number of hydrogen-bond acceptors (Lipinski definition) is 3. The largest absolute Gasteiger partial charge is 0.293 e. The second kappa shape index (κ2) is 6.36. The van der Waals surface area contributed by atoms with Crippen molar-refractivity contribution in [2.75, 3.05) is 5.75 Å². The third-order valence-corrected chi connectivity index (χ3v) is 4.86. The minimum Gasteiger partial charge on any atom is -0.293 e. The smallest absolute Gasteiger partial charge is 0.188 e. The quantitative estimate of drug-likeness (QED) is 0.794. The number of carbonyl (C=O) groups excluding carboxylic acids is 1. The Morgan fingerprint density at radius 1 is 1.05 bits per heavy atom. The van der Waals surface area contributed by atoms with Crippen molar-refractivity contribution in [3.8, 4) is 0 Å². The van der Waals surface area contributed by atoms with Crippen molar-refractivity contribution in [3.63, 3.8) is 0 Å². The van der Waals surface area contributed by atoms with Gasteiger partial charge in [-0.1, -0.05) is 31.2 Å². The zero-order valence-electron chi connectivity index (χ0n) is 11.8. The van der Waals surface area contributed by atoms with Crippen LogP contribution in [0.2, 0.25) is 0 Å². The first-order valence-electron chi connectivity index (χ1n) is 6.63. The van der Waals surface area contributed by atoms with Crippen molar-refractivity contribution >= 4 is 15.6 Å². The van der Waals surface area contributed by atoms with Gasteiger partial charge in [-0.25, -0.2) is 17.2 Å². The number of carbonyl (C=O) groups is 1. The lowest BCUT2D eigenvalue weighted by molar-refractivity contribution is 0.102. The molecule has 0 spiro atoms. The Kier molecular flexibility index (Phi) is 4.71. The van der Waals surface area contributed by atoms with E-state index in [-0.39, 0.29) is 5.56 Å².